The van der Waals surface area contributed by atoms with Crippen LogP contribution in [-0.4, -0.2) is 12.3 Å². The molecule has 0 N–H and O–H groups in total. The Hall–Kier alpha value is -6.00. The molecule has 2 atom stereocenters. The number of hydrogen-bond donors (Lipinski definition) is 0. The van der Waals surface area contributed by atoms with Crippen molar-refractivity contribution in [2.75, 3.05) is 14.7 Å². The standard InChI is InChI=1S/C73H84BN3/c1-45-33-63-65-64(34-45)76(59-29-24-51(66(2,3)4)38-55(59)46-21-19-18-20-22-46)62-40-54(77-60-30-25-52(67(5,6)7)39-56(60)72(16)70(12,13)31-32-71(14,15)73(72,77)17)27-28-57(62)74(65)58-36-49-43-69(10,11)44-50(49)37-61(58)75(63)53-26-23-47-41-68(8,9)42-48(47)35-53/h18-30,33-40H,31-32,41-44H2,1-17H3. The number of hydrogen-bond acceptors (Lipinski definition) is 3. The summed E-state index contributed by atoms with van der Waals surface area (Å²) in [6.07, 6.45) is 6.77. The molecule has 2 unspecified atom stereocenters. The number of nitrogens with zero attached hydrogens (tertiary/aromatic N) is 3. The van der Waals surface area contributed by atoms with Crippen LogP contribution in [0.25, 0.3) is 11.1 Å². The van der Waals surface area contributed by atoms with Gasteiger partial charge in [-0.1, -0.05) is 171 Å². The van der Waals surface area contributed by atoms with Crippen molar-refractivity contribution in [1.82, 2.24) is 0 Å². The molecule has 3 nitrogen and oxygen atoms in total. The fourth-order valence-corrected chi connectivity index (χ4v) is 16.4. The third kappa shape index (κ3) is 7.20. The lowest BCUT2D eigenvalue weighted by Crippen LogP contribution is -2.69. The summed E-state index contributed by atoms with van der Waals surface area (Å²) in [7, 11) is 0. The molecule has 4 heteroatoms. The lowest BCUT2D eigenvalue weighted by Gasteiger charge is -2.65. The topological polar surface area (TPSA) is 9.72 Å². The van der Waals surface area contributed by atoms with Gasteiger partial charge in [-0.2, -0.15) is 0 Å². The molecule has 394 valence electrons. The number of rotatable bonds is 4. The van der Waals surface area contributed by atoms with E-state index in [1.54, 1.807) is 0 Å². The molecule has 3 aliphatic heterocycles. The first-order valence-corrected chi connectivity index (χ1v) is 29.3. The first-order valence-electron chi connectivity index (χ1n) is 29.3. The molecule has 13 rings (SSSR count). The van der Waals surface area contributed by atoms with Gasteiger partial charge in [0, 0.05) is 50.8 Å². The minimum absolute atomic E-state index is 0.0110. The van der Waals surface area contributed by atoms with Crippen molar-refractivity contribution in [2.45, 2.75) is 178 Å². The highest BCUT2D eigenvalue weighted by Crippen LogP contribution is 2.71. The average molecular weight is 1010 g/mol. The molecule has 0 amide bonds. The van der Waals surface area contributed by atoms with Gasteiger partial charge in [0.15, 0.2) is 0 Å². The van der Waals surface area contributed by atoms with Gasteiger partial charge in [0.25, 0.3) is 6.71 Å². The number of aryl methyl sites for hydroxylation is 1. The van der Waals surface area contributed by atoms with E-state index in [-0.39, 0.29) is 50.2 Å². The highest BCUT2D eigenvalue weighted by Gasteiger charge is 2.70. The highest BCUT2D eigenvalue weighted by molar-refractivity contribution is 7.00. The molecule has 77 heavy (non-hydrogen) atoms. The summed E-state index contributed by atoms with van der Waals surface area (Å²) in [6, 6.07) is 51.7. The van der Waals surface area contributed by atoms with E-state index in [1.807, 2.05) is 0 Å². The fourth-order valence-electron chi connectivity index (χ4n) is 16.4. The average Bonchev–Trinajstić information content (AvgIpc) is 3.99. The second-order valence-electron chi connectivity index (χ2n) is 30.4. The van der Waals surface area contributed by atoms with Gasteiger partial charge in [-0.25, -0.2) is 0 Å². The van der Waals surface area contributed by atoms with Crippen LogP contribution in [-0.2, 0) is 41.9 Å². The van der Waals surface area contributed by atoms with Crippen LogP contribution in [0.4, 0.5) is 45.5 Å². The smallest absolute Gasteiger partial charge is 0.252 e. The van der Waals surface area contributed by atoms with Crippen molar-refractivity contribution in [3.63, 3.8) is 0 Å². The van der Waals surface area contributed by atoms with Crippen LogP contribution in [0.2, 0.25) is 0 Å². The number of benzene rings is 7. The lowest BCUT2D eigenvalue weighted by molar-refractivity contribution is -0.0415. The normalized spacial score (nSPS) is 22.7. The second-order valence-corrected chi connectivity index (χ2v) is 30.4. The van der Waals surface area contributed by atoms with Gasteiger partial charge >= 0.3 is 0 Å². The molecule has 0 saturated heterocycles. The monoisotopic (exact) mass is 1010 g/mol. The van der Waals surface area contributed by atoms with Crippen LogP contribution in [0.15, 0.2) is 127 Å². The molecule has 0 spiro atoms. The molecule has 0 radical (unpaired) electrons. The van der Waals surface area contributed by atoms with Gasteiger partial charge in [0.05, 0.1) is 11.2 Å². The minimum Gasteiger partial charge on any atom is -0.334 e. The summed E-state index contributed by atoms with van der Waals surface area (Å²) in [5.74, 6) is 0. The number of fused-ring (bicyclic) bond motifs is 9. The maximum atomic E-state index is 2.85. The summed E-state index contributed by atoms with van der Waals surface area (Å²) in [5, 5.41) is 0. The van der Waals surface area contributed by atoms with Crippen LogP contribution < -0.4 is 31.1 Å². The van der Waals surface area contributed by atoms with E-state index in [2.05, 4.69) is 260 Å². The fraction of sp³-hybridized carbons (Fsp3) is 0.425. The number of anilines is 8. The van der Waals surface area contributed by atoms with E-state index in [9.17, 15) is 0 Å². The largest absolute Gasteiger partial charge is 0.334 e. The van der Waals surface area contributed by atoms with Crippen molar-refractivity contribution in [2.24, 2.45) is 21.7 Å². The van der Waals surface area contributed by atoms with Crippen molar-refractivity contribution < 1.29 is 0 Å². The first-order chi connectivity index (χ1) is 36.0. The van der Waals surface area contributed by atoms with Gasteiger partial charge in [0.2, 0.25) is 0 Å². The van der Waals surface area contributed by atoms with E-state index in [4.69, 9.17) is 0 Å². The molecule has 0 bridgehead atoms. The van der Waals surface area contributed by atoms with E-state index in [0.717, 1.165) is 32.1 Å². The SMILES string of the molecule is Cc1cc2c3c(c1)N(c1ccc(C(C)(C)C)cc1-c1ccccc1)c1cc(N4c5ccc(C(C)(C)C)cc5C5(C)C(C)(C)CCC(C)(C)C45C)ccc1B3c1cc3c(cc1N2c1ccc2c(c1)CC(C)(C)C2)CC(C)(C)C3. The Kier molecular flexibility index (Phi) is 10.5. The molecular weight excluding hydrogens is 930 g/mol. The van der Waals surface area contributed by atoms with Crippen LogP contribution in [0.5, 0.6) is 0 Å². The molecule has 3 heterocycles. The summed E-state index contributed by atoms with van der Waals surface area (Å²) in [6.45, 7) is 41.9. The molecule has 0 aromatic heterocycles. The molecule has 1 fully saturated rings. The van der Waals surface area contributed by atoms with E-state index in [1.165, 1.54) is 124 Å². The maximum absolute atomic E-state index is 2.85. The third-order valence-corrected chi connectivity index (χ3v) is 21.2. The Labute approximate surface area is 463 Å². The zero-order valence-electron chi connectivity index (χ0n) is 49.8. The maximum Gasteiger partial charge on any atom is 0.252 e. The molecule has 1 saturated carbocycles. The van der Waals surface area contributed by atoms with Crippen molar-refractivity contribution >= 4 is 68.6 Å². The van der Waals surface area contributed by atoms with Crippen LogP contribution in [0.3, 0.4) is 0 Å². The molecule has 3 aliphatic carbocycles. The Morgan fingerprint density at radius 1 is 0.442 bits per heavy atom. The van der Waals surface area contributed by atoms with E-state index < -0.39 is 0 Å². The Bertz CT molecular complexity index is 3630. The predicted octanol–water partition coefficient (Wildman–Crippen LogP) is 17.6. The Morgan fingerprint density at radius 3 is 1.66 bits per heavy atom. The summed E-state index contributed by atoms with van der Waals surface area (Å²) in [4.78, 5) is 8.26. The summed E-state index contributed by atoms with van der Waals surface area (Å²) >= 11 is 0. The van der Waals surface area contributed by atoms with Crippen molar-refractivity contribution in [3.05, 3.63) is 172 Å². The van der Waals surface area contributed by atoms with Gasteiger partial charge in [-0.3, -0.25) is 0 Å². The van der Waals surface area contributed by atoms with Crippen molar-refractivity contribution in [3.8, 4) is 11.1 Å². The van der Waals surface area contributed by atoms with Gasteiger partial charge in [-0.05, 0) is 212 Å². The highest BCUT2D eigenvalue weighted by atomic mass is 15.3. The lowest BCUT2D eigenvalue weighted by atomic mass is 9.33. The quantitative estimate of drug-likeness (QED) is 0.163. The molecular formula is C73H84BN3. The molecule has 7 aromatic carbocycles. The van der Waals surface area contributed by atoms with Crippen LogP contribution in [0, 0.1) is 28.6 Å². The predicted molar refractivity (Wildman–Crippen MR) is 332 cm³/mol. The molecule has 7 aromatic rings. The third-order valence-electron chi connectivity index (χ3n) is 21.2. The summed E-state index contributed by atoms with van der Waals surface area (Å²) in [5.41, 5.74) is 28.6. The first kappa shape index (κ1) is 50.5. The zero-order chi connectivity index (χ0) is 54.5. The van der Waals surface area contributed by atoms with Crippen LogP contribution >= 0.6 is 0 Å². The van der Waals surface area contributed by atoms with Gasteiger partial charge in [0.1, 0.15) is 0 Å². The second kappa shape index (κ2) is 16.1. The minimum atomic E-state index is -0.254. The van der Waals surface area contributed by atoms with Gasteiger partial charge < -0.3 is 14.7 Å². The Balaban J connectivity index is 1.12. The van der Waals surface area contributed by atoms with Crippen LogP contribution in [0.1, 0.15) is 168 Å². The zero-order valence-corrected chi connectivity index (χ0v) is 49.8. The Morgan fingerprint density at radius 2 is 1.00 bits per heavy atom. The van der Waals surface area contributed by atoms with E-state index >= 15 is 0 Å². The molecule has 6 aliphatic rings. The van der Waals surface area contributed by atoms with Gasteiger partial charge in [-0.15, -0.1) is 0 Å². The summed E-state index contributed by atoms with van der Waals surface area (Å²) < 4.78 is 0. The van der Waals surface area contributed by atoms with E-state index in [0.29, 0.717) is 0 Å². The van der Waals surface area contributed by atoms with Crippen molar-refractivity contribution in [1.29, 1.82) is 0 Å².